The summed E-state index contributed by atoms with van der Waals surface area (Å²) in [6.07, 6.45) is 1.18. The topological polar surface area (TPSA) is 41.3 Å². The molecule has 0 fully saturated rings. The molecule has 1 aromatic carbocycles. The average Bonchev–Trinajstić information content (AvgIpc) is 2.76. The number of fused-ring (bicyclic) bond motifs is 1. The predicted octanol–water partition coefficient (Wildman–Crippen LogP) is 2.82. The van der Waals surface area contributed by atoms with E-state index in [4.69, 9.17) is 4.42 Å². The SMILES string of the molecule is CCC(CNC)CN(C)c1ccc2oc(C)nc2c1. The van der Waals surface area contributed by atoms with Gasteiger partial charge in [-0.2, -0.15) is 0 Å². The van der Waals surface area contributed by atoms with Crippen molar-refractivity contribution in [3.8, 4) is 0 Å². The number of nitrogens with zero attached hydrogens (tertiary/aromatic N) is 2. The zero-order chi connectivity index (χ0) is 13.8. The van der Waals surface area contributed by atoms with Crippen LogP contribution in [0.5, 0.6) is 0 Å². The van der Waals surface area contributed by atoms with Crippen molar-refractivity contribution in [2.45, 2.75) is 20.3 Å². The molecule has 1 unspecified atom stereocenters. The number of benzene rings is 1. The standard InChI is InChI=1S/C15H23N3O/c1-5-12(9-16-3)10-18(4)13-6-7-15-14(8-13)17-11(2)19-15/h6-8,12,16H,5,9-10H2,1-4H3. The largest absolute Gasteiger partial charge is 0.441 e. The van der Waals surface area contributed by atoms with E-state index in [-0.39, 0.29) is 0 Å². The molecule has 2 aromatic rings. The average molecular weight is 261 g/mol. The van der Waals surface area contributed by atoms with E-state index in [1.54, 1.807) is 0 Å². The van der Waals surface area contributed by atoms with Gasteiger partial charge in [-0.05, 0) is 37.7 Å². The molecule has 4 nitrogen and oxygen atoms in total. The van der Waals surface area contributed by atoms with E-state index in [1.165, 1.54) is 12.1 Å². The Morgan fingerprint density at radius 2 is 2.21 bits per heavy atom. The minimum atomic E-state index is 0.657. The van der Waals surface area contributed by atoms with Crippen molar-refractivity contribution in [3.05, 3.63) is 24.1 Å². The molecule has 0 spiro atoms. The van der Waals surface area contributed by atoms with E-state index >= 15 is 0 Å². The smallest absolute Gasteiger partial charge is 0.192 e. The monoisotopic (exact) mass is 261 g/mol. The van der Waals surface area contributed by atoms with Gasteiger partial charge in [-0.15, -0.1) is 0 Å². The highest BCUT2D eigenvalue weighted by atomic mass is 16.3. The number of rotatable bonds is 6. The molecule has 4 heteroatoms. The highest BCUT2D eigenvalue weighted by Gasteiger charge is 2.11. The molecule has 104 valence electrons. The fourth-order valence-electron chi connectivity index (χ4n) is 2.39. The summed E-state index contributed by atoms with van der Waals surface area (Å²) in [6, 6.07) is 6.19. The van der Waals surface area contributed by atoms with Crippen LogP contribution in [-0.2, 0) is 0 Å². The Balaban J connectivity index is 2.13. The predicted molar refractivity (Wildman–Crippen MR) is 79.7 cm³/mol. The number of hydrogen-bond acceptors (Lipinski definition) is 4. The van der Waals surface area contributed by atoms with Crippen molar-refractivity contribution in [2.75, 3.05) is 32.1 Å². The summed E-state index contributed by atoms with van der Waals surface area (Å²) in [5.74, 6) is 1.38. The van der Waals surface area contributed by atoms with E-state index in [9.17, 15) is 0 Å². The summed E-state index contributed by atoms with van der Waals surface area (Å²) in [7, 11) is 4.14. The summed E-state index contributed by atoms with van der Waals surface area (Å²) in [4.78, 5) is 6.67. The van der Waals surface area contributed by atoms with Crippen LogP contribution in [0.2, 0.25) is 0 Å². The lowest BCUT2D eigenvalue weighted by molar-refractivity contribution is 0.485. The van der Waals surface area contributed by atoms with Crippen LogP contribution in [0, 0.1) is 12.8 Å². The number of oxazole rings is 1. The van der Waals surface area contributed by atoms with E-state index in [0.717, 1.165) is 30.1 Å². The Bertz CT molecular complexity index is 535. The Kier molecular flexibility index (Phi) is 4.43. The minimum absolute atomic E-state index is 0.657. The van der Waals surface area contributed by atoms with Crippen LogP contribution in [0.25, 0.3) is 11.1 Å². The molecular weight excluding hydrogens is 238 g/mol. The van der Waals surface area contributed by atoms with Gasteiger partial charge in [-0.25, -0.2) is 4.98 Å². The Labute approximate surface area is 114 Å². The molecule has 2 rings (SSSR count). The summed E-state index contributed by atoms with van der Waals surface area (Å²) in [5.41, 5.74) is 2.98. The fourth-order valence-corrected chi connectivity index (χ4v) is 2.39. The molecule has 0 saturated heterocycles. The normalized spacial score (nSPS) is 12.8. The first kappa shape index (κ1) is 13.9. The van der Waals surface area contributed by atoms with Crippen LogP contribution in [-0.4, -0.2) is 32.2 Å². The van der Waals surface area contributed by atoms with Gasteiger partial charge < -0.3 is 14.6 Å². The summed E-state index contributed by atoms with van der Waals surface area (Å²) < 4.78 is 5.50. The fraction of sp³-hybridized carbons (Fsp3) is 0.533. The molecule has 0 amide bonds. The maximum atomic E-state index is 5.50. The molecule has 19 heavy (non-hydrogen) atoms. The van der Waals surface area contributed by atoms with Crippen LogP contribution in [0.1, 0.15) is 19.2 Å². The number of anilines is 1. The van der Waals surface area contributed by atoms with Crippen molar-refractivity contribution in [3.63, 3.8) is 0 Å². The van der Waals surface area contributed by atoms with Crippen molar-refractivity contribution < 1.29 is 4.42 Å². The first-order valence-electron chi connectivity index (χ1n) is 6.87. The van der Waals surface area contributed by atoms with Crippen LogP contribution >= 0.6 is 0 Å². The van der Waals surface area contributed by atoms with Gasteiger partial charge in [0.1, 0.15) is 5.52 Å². The van der Waals surface area contributed by atoms with Gasteiger partial charge in [0.15, 0.2) is 11.5 Å². The molecule has 0 radical (unpaired) electrons. The van der Waals surface area contributed by atoms with Gasteiger partial charge in [0.05, 0.1) is 0 Å². The van der Waals surface area contributed by atoms with Crippen molar-refractivity contribution in [2.24, 2.45) is 5.92 Å². The quantitative estimate of drug-likeness (QED) is 0.868. The second-order valence-corrected chi connectivity index (χ2v) is 5.10. The van der Waals surface area contributed by atoms with E-state index in [2.05, 4.69) is 41.3 Å². The second-order valence-electron chi connectivity index (χ2n) is 5.10. The van der Waals surface area contributed by atoms with Gasteiger partial charge in [-0.3, -0.25) is 0 Å². The number of hydrogen-bond donors (Lipinski definition) is 1. The number of aromatic nitrogens is 1. The highest BCUT2D eigenvalue weighted by Crippen LogP contribution is 2.22. The lowest BCUT2D eigenvalue weighted by Gasteiger charge is -2.25. The minimum Gasteiger partial charge on any atom is -0.441 e. The van der Waals surface area contributed by atoms with Gasteiger partial charge in [0.25, 0.3) is 0 Å². The summed E-state index contributed by atoms with van der Waals surface area (Å²) in [5, 5.41) is 3.25. The zero-order valence-corrected chi connectivity index (χ0v) is 12.2. The molecule has 1 heterocycles. The van der Waals surface area contributed by atoms with Gasteiger partial charge in [-0.1, -0.05) is 13.3 Å². The van der Waals surface area contributed by atoms with Gasteiger partial charge in [0.2, 0.25) is 0 Å². The molecule has 0 aliphatic heterocycles. The Hall–Kier alpha value is -1.55. The lowest BCUT2D eigenvalue weighted by Crippen LogP contribution is -2.30. The molecule has 1 atom stereocenters. The number of nitrogens with one attached hydrogen (secondary N) is 1. The molecule has 0 saturated carbocycles. The first-order valence-corrected chi connectivity index (χ1v) is 6.87. The number of aryl methyl sites for hydroxylation is 1. The maximum Gasteiger partial charge on any atom is 0.192 e. The Morgan fingerprint density at radius 1 is 1.42 bits per heavy atom. The molecule has 1 N–H and O–H groups in total. The van der Waals surface area contributed by atoms with E-state index in [1.807, 2.05) is 20.0 Å². The van der Waals surface area contributed by atoms with Gasteiger partial charge in [0, 0.05) is 26.2 Å². The van der Waals surface area contributed by atoms with Crippen LogP contribution < -0.4 is 10.2 Å². The van der Waals surface area contributed by atoms with Crippen LogP contribution in [0.3, 0.4) is 0 Å². The van der Waals surface area contributed by atoms with Crippen LogP contribution in [0.4, 0.5) is 5.69 Å². The molecule has 0 bridgehead atoms. The van der Waals surface area contributed by atoms with Gasteiger partial charge >= 0.3 is 0 Å². The van der Waals surface area contributed by atoms with E-state index < -0.39 is 0 Å². The second kappa shape index (κ2) is 6.06. The molecule has 1 aromatic heterocycles. The molecule has 0 aliphatic carbocycles. The third kappa shape index (κ3) is 3.26. The van der Waals surface area contributed by atoms with Crippen molar-refractivity contribution >= 4 is 16.8 Å². The molecular formula is C15H23N3O. The first-order chi connectivity index (χ1) is 9.13. The van der Waals surface area contributed by atoms with Crippen molar-refractivity contribution in [1.29, 1.82) is 0 Å². The lowest BCUT2D eigenvalue weighted by atomic mass is 10.1. The third-order valence-electron chi connectivity index (χ3n) is 3.52. The maximum absolute atomic E-state index is 5.50. The zero-order valence-electron chi connectivity index (χ0n) is 12.2. The summed E-state index contributed by atoms with van der Waals surface area (Å²) in [6.45, 7) is 6.20. The third-order valence-corrected chi connectivity index (χ3v) is 3.52. The highest BCUT2D eigenvalue weighted by molar-refractivity contribution is 5.77. The summed E-state index contributed by atoms with van der Waals surface area (Å²) >= 11 is 0. The van der Waals surface area contributed by atoms with Crippen molar-refractivity contribution in [1.82, 2.24) is 10.3 Å². The van der Waals surface area contributed by atoms with Crippen LogP contribution in [0.15, 0.2) is 22.6 Å². The van der Waals surface area contributed by atoms with E-state index in [0.29, 0.717) is 5.92 Å². The Morgan fingerprint density at radius 3 is 2.89 bits per heavy atom. The molecule has 0 aliphatic rings.